The van der Waals surface area contributed by atoms with Crippen molar-refractivity contribution >= 4 is 17.4 Å². The quantitative estimate of drug-likeness (QED) is 0.750. The number of furan rings is 1. The van der Waals surface area contributed by atoms with Crippen LogP contribution in [0.1, 0.15) is 16.2 Å². The lowest BCUT2D eigenvalue weighted by molar-refractivity contribution is 0.0943. The molecule has 138 valence electrons. The molecular formula is C20H21N5O2. The third-order valence-corrected chi connectivity index (χ3v) is 4.60. The third-order valence-electron chi connectivity index (χ3n) is 4.60. The number of anilines is 2. The van der Waals surface area contributed by atoms with Crippen molar-refractivity contribution < 1.29 is 9.21 Å². The van der Waals surface area contributed by atoms with E-state index in [-0.39, 0.29) is 5.91 Å². The van der Waals surface area contributed by atoms with E-state index in [2.05, 4.69) is 25.1 Å². The van der Waals surface area contributed by atoms with Crippen LogP contribution >= 0.6 is 0 Å². The van der Waals surface area contributed by atoms with Crippen LogP contribution in [0.4, 0.5) is 11.5 Å². The van der Waals surface area contributed by atoms with Crippen LogP contribution in [0.3, 0.4) is 0 Å². The van der Waals surface area contributed by atoms with Gasteiger partial charge in [0.25, 0.3) is 5.91 Å². The molecule has 3 aromatic rings. The van der Waals surface area contributed by atoms with Crippen molar-refractivity contribution in [1.82, 2.24) is 15.3 Å². The van der Waals surface area contributed by atoms with E-state index >= 15 is 0 Å². The van der Waals surface area contributed by atoms with E-state index in [4.69, 9.17) is 4.42 Å². The SMILES string of the molecule is O=C(NCc1ccco1)c1ccc(N2CCN(c3ccccn3)CC2)cn1. The number of nitrogens with one attached hydrogen (secondary N) is 1. The largest absolute Gasteiger partial charge is 0.467 e. The van der Waals surface area contributed by atoms with Crippen molar-refractivity contribution in [2.45, 2.75) is 6.54 Å². The summed E-state index contributed by atoms with van der Waals surface area (Å²) in [7, 11) is 0. The number of carbonyl (C=O) groups is 1. The van der Waals surface area contributed by atoms with E-state index in [1.54, 1.807) is 24.6 Å². The van der Waals surface area contributed by atoms with Gasteiger partial charge < -0.3 is 19.5 Å². The molecule has 4 heterocycles. The van der Waals surface area contributed by atoms with Gasteiger partial charge in [-0.25, -0.2) is 9.97 Å². The topological polar surface area (TPSA) is 74.5 Å². The minimum Gasteiger partial charge on any atom is -0.467 e. The molecule has 0 aliphatic carbocycles. The molecule has 0 saturated carbocycles. The van der Waals surface area contributed by atoms with E-state index in [9.17, 15) is 4.79 Å². The Labute approximate surface area is 157 Å². The highest BCUT2D eigenvalue weighted by molar-refractivity contribution is 5.92. The average molecular weight is 363 g/mol. The number of piperazine rings is 1. The Morgan fingerprint density at radius 3 is 2.52 bits per heavy atom. The molecule has 3 aromatic heterocycles. The molecular weight excluding hydrogens is 342 g/mol. The number of hydrogen-bond donors (Lipinski definition) is 1. The Morgan fingerprint density at radius 1 is 1.00 bits per heavy atom. The van der Waals surface area contributed by atoms with Gasteiger partial charge in [-0.3, -0.25) is 4.79 Å². The molecule has 1 N–H and O–H groups in total. The molecule has 1 amide bonds. The van der Waals surface area contributed by atoms with Gasteiger partial charge in [-0.1, -0.05) is 6.07 Å². The fourth-order valence-corrected chi connectivity index (χ4v) is 3.11. The fraction of sp³-hybridized carbons (Fsp3) is 0.250. The summed E-state index contributed by atoms with van der Waals surface area (Å²) in [6.07, 6.45) is 5.17. The summed E-state index contributed by atoms with van der Waals surface area (Å²) in [4.78, 5) is 25.5. The molecule has 7 nitrogen and oxygen atoms in total. The number of nitrogens with zero attached hydrogens (tertiary/aromatic N) is 4. The van der Waals surface area contributed by atoms with Crippen molar-refractivity contribution in [1.29, 1.82) is 0 Å². The van der Waals surface area contributed by atoms with Gasteiger partial charge in [-0.05, 0) is 36.4 Å². The van der Waals surface area contributed by atoms with Crippen LogP contribution in [0.2, 0.25) is 0 Å². The zero-order valence-electron chi connectivity index (χ0n) is 14.9. The smallest absolute Gasteiger partial charge is 0.270 e. The summed E-state index contributed by atoms with van der Waals surface area (Å²) in [6, 6.07) is 13.3. The van der Waals surface area contributed by atoms with Crippen LogP contribution in [0, 0.1) is 0 Å². The van der Waals surface area contributed by atoms with E-state index in [0.717, 1.165) is 37.7 Å². The second-order valence-corrected chi connectivity index (χ2v) is 6.33. The van der Waals surface area contributed by atoms with E-state index < -0.39 is 0 Å². The summed E-state index contributed by atoms with van der Waals surface area (Å²) >= 11 is 0. The van der Waals surface area contributed by atoms with Crippen LogP contribution < -0.4 is 15.1 Å². The van der Waals surface area contributed by atoms with Crippen LogP contribution in [0.15, 0.2) is 65.5 Å². The van der Waals surface area contributed by atoms with Gasteiger partial charge in [-0.15, -0.1) is 0 Å². The highest BCUT2D eigenvalue weighted by atomic mass is 16.3. The van der Waals surface area contributed by atoms with Crippen LogP contribution in [-0.2, 0) is 6.54 Å². The molecule has 1 saturated heterocycles. The first kappa shape index (κ1) is 17.1. The minimum atomic E-state index is -0.210. The first-order valence-electron chi connectivity index (χ1n) is 8.97. The van der Waals surface area contributed by atoms with Crippen molar-refractivity contribution in [3.05, 3.63) is 72.6 Å². The lowest BCUT2D eigenvalue weighted by Crippen LogP contribution is -2.46. The monoisotopic (exact) mass is 363 g/mol. The highest BCUT2D eigenvalue weighted by Gasteiger charge is 2.18. The number of carbonyl (C=O) groups excluding carboxylic acids is 1. The summed E-state index contributed by atoms with van der Waals surface area (Å²) in [5.41, 5.74) is 1.43. The zero-order chi connectivity index (χ0) is 18.5. The summed E-state index contributed by atoms with van der Waals surface area (Å²) in [6.45, 7) is 3.94. The molecule has 1 aliphatic rings. The van der Waals surface area contributed by atoms with Crippen LogP contribution in [-0.4, -0.2) is 42.1 Å². The maximum atomic E-state index is 12.2. The Morgan fingerprint density at radius 2 is 1.85 bits per heavy atom. The number of pyridine rings is 2. The first-order valence-corrected chi connectivity index (χ1v) is 8.97. The molecule has 0 radical (unpaired) electrons. The predicted molar refractivity (Wildman–Crippen MR) is 103 cm³/mol. The van der Waals surface area contributed by atoms with Gasteiger partial charge in [-0.2, -0.15) is 0 Å². The molecule has 7 heteroatoms. The lowest BCUT2D eigenvalue weighted by atomic mass is 10.2. The molecule has 1 fully saturated rings. The third kappa shape index (κ3) is 4.08. The molecule has 0 aromatic carbocycles. The van der Waals surface area contributed by atoms with Gasteiger partial charge in [0.1, 0.15) is 17.3 Å². The fourth-order valence-electron chi connectivity index (χ4n) is 3.11. The first-order chi connectivity index (χ1) is 13.3. The number of hydrogen-bond acceptors (Lipinski definition) is 6. The average Bonchev–Trinajstić information content (AvgIpc) is 3.27. The van der Waals surface area contributed by atoms with Crippen molar-refractivity contribution in [2.75, 3.05) is 36.0 Å². The summed E-state index contributed by atoms with van der Waals surface area (Å²) in [5.74, 6) is 1.52. The Kier molecular flexibility index (Phi) is 5.00. The number of aromatic nitrogens is 2. The second kappa shape index (κ2) is 7.90. The lowest BCUT2D eigenvalue weighted by Gasteiger charge is -2.36. The van der Waals surface area contributed by atoms with Crippen molar-refractivity contribution in [3.8, 4) is 0 Å². The number of rotatable bonds is 5. The summed E-state index contributed by atoms with van der Waals surface area (Å²) in [5, 5.41) is 2.80. The van der Waals surface area contributed by atoms with E-state index in [0.29, 0.717) is 18.0 Å². The standard InChI is InChI=1S/C20H21N5O2/c26-20(23-15-17-4-3-13-27-17)18-7-6-16(14-22-18)24-9-11-25(12-10-24)19-5-1-2-8-21-19/h1-8,13-14H,9-12,15H2,(H,23,26). The molecule has 0 atom stereocenters. The Balaban J connectivity index is 1.32. The van der Waals surface area contributed by atoms with Crippen LogP contribution in [0.5, 0.6) is 0 Å². The predicted octanol–water partition coefficient (Wildman–Crippen LogP) is 2.33. The molecule has 0 unspecified atom stereocenters. The summed E-state index contributed by atoms with van der Waals surface area (Å²) < 4.78 is 5.21. The zero-order valence-corrected chi connectivity index (χ0v) is 14.9. The van der Waals surface area contributed by atoms with Gasteiger partial charge in [0.15, 0.2) is 0 Å². The van der Waals surface area contributed by atoms with Gasteiger partial charge >= 0.3 is 0 Å². The molecule has 27 heavy (non-hydrogen) atoms. The molecule has 1 aliphatic heterocycles. The maximum absolute atomic E-state index is 12.2. The number of amides is 1. The van der Waals surface area contributed by atoms with Crippen LogP contribution in [0.25, 0.3) is 0 Å². The molecule has 0 spiro atoms. The Bertz CT molecular complexity index is 857. The minimum absolute atomic E-state index is 0.210. The van der Waals surface area contributed by atoms with Crippen molar-refractivity contribution in [3.63, 3.8) is 0 Å². The highest BCUT2D eigenvalue weighted by Crippen LogP contribution is 2.18. The molecule has 4 rings (SSSR count). The van der Waals surface area contributed by atoms with E-state index in [1.807, 2.05) is 36.5 Å². The Hall–Kier alpha value is -3.35. The van der Waals surface area contributed by atoms with Gasteiger partial charge in [0.05, 0.1) is 24.7 Å². The molecule has 0 bridgehead atoms. The second-order valence-electron chi connectivity index (χ2n) is 6.33. The van der Waals surface area contributed by atoms with E-state index in [1.165, 1.54) is 0 Å². The van der Waals surface area contributed by atoms with Gasteiger partial charge in [0.2, 0.25) is 0 Å². The van der Waals surface area contributed by atoms with Gasteiger partial charge in [0, 0.05) is 32.4 Å². The maximum Gasteiger partial charge on any atom is 0.270 e. The normalized spacial score (nSPS) is 14.2. The van der Waals surface area contributed by atoms with Crippen molar-refractivity contribution in [2.24, 2.45) is 0 Å².